The third-order valence-electron chi connectivity index (χ3n) is 3.64. The first-order valence-electron chi connectivity index (χ1n) is 6.88. The van der Waals surface area contributed by atoms with E-state index in [2.05, 4.69) is 5.32 Å². The number of carbonyl (C=O) groups is 2. The molecule has 1 aliphatic heterocycles. The first-order valence-corrected chi connectivity index (χ1v) is 8.49. The molecule has 2 N–H and O–H groups in total. The molecule has 0 radical (unpaired) electrons. The van der Waals surface area contributed by atoms with Crippen LogP contribution >= 0.6 is 0 Å². The summed E-state index contributed by atoms with van der Waals surface area (Å²) >= 11 is 0. The van der Waals surface area contributed by atoms with Gasteiger partial charge >= 0.3 is 5.97 Å². The quantitative estimate of drug-likeness (QED) is 0.816. The summed E-state index contributed by atoms with van der Waals surface area (Å²) in [6.07, 6.45) is 0.885. The van der Waals surface area contributed by atoms with Crippen LogP contribution in [0.1, 0.15) is 28.8 Å². The van der Waals surface area contributed by atoms with Crippen LogP contribution in [0.2, 0.25) is 0 Å². The fourth-order valence-corrected chi connectivity index (χ4v) is 4.28. The standard InChI is InChI=1S/C14H18N2O5S/c1-15-13(17)11-6-4-10(5-7-11)9-22(20,21)16-8-2-3-12(16)14(18)19/h4-7,12H,2-3,8-9H2,1H3,(H,15,17)(H,18,19)/t12-/m1/s1. The maximum Gasteiger partial charge on any atom is 0.322 e. The Morgan fingerprint density at radius 1 is 1.32 bits per heavy atom. The molecule has 7 nitrogen and oxygen atoms in total. The first kappa shape index (κ1) is 16.4. The van der Waals surface area contributed by atoms with E-state index in [-0.39, 0.29) is 18.2 Å². The second-order valence-corrected chi connectivity index (χ2v) is 7.06. The topological polar surface area (TPSA) is 104 Å². The molecule has 0 aliphatic carbocycles. The number of carbonyl (C=O) groups excluding carboxylic acids is 1. The largest absolute Gasteiger partial charge is 0.480 e. The summed E-state index contributed by atoms with van der Waals surface area (Å²) < 4.78 is 25.8. The third kappa shape index (κ3) is 3.45. The van der Waals surface area contributed by atoms with Crippen molar-refractivity contribution in [1.29, 1.82) is 0 Å². The predicted molar refractivity (Wildman–Crippen MR) is 79.8 cm³/mol. The maximum absolute atomic E-state index is 12.4. The van der Waals surface area contributed by atoms with E-state index in [1.807, 2.05) is 0 Å². The number of sulfonamides is 1. The van der Waals surface area contributed by atoms with E-state index < -0.39 is 22.0 Å². The van der Waals surface area contributed by atoms with Crippen molar-refractivity contribution in [2.24, 2.45) is 0 Å². The second-order valence-electron chi connectivity index (χ2n) is 5.14. The van der Waals surface area contributed by atoms with Crippen LogP contribution in [0.25, 0.3) is 0 Å². The molecule has 1 aromatic rings. The lowest BCUT2D eigenvalue weighted by Gasteiger charge is -2.20. The average Bonchev–Trinajstić information content (AvgIpc) is 2.97. The fourth-order valence-electron chi connectivity index (χ4n) is 2.51. The van der Waals surface area contributed by atoms with Crippen LogP contribution in [0.4, 0.5) is 0 Å². The Morgan fingerprint density at radius 2 is 1.95 bits per heavy atom. The number of carboxylic acids is 1. The van der Waals surface area contributed by atoms with E-state index in [0.717, 1.165) is 4.31 Å². The number of carboxylic acid groups (broad SMARTS) is 1. The summed E-state index contributed by atoms with van der Waals surface area (Å²) in [7, 11) is -2.18. The highest BCUT2D eigenvalue weighted by Crippen LogP contribution is 2.23. The van der Waals surface area contributed by atoms with E-state index in [1.54, 1.807) is 24.3 Å². The van der Waals surface area contributed by atoms with Crippen LogP contribution in [-0.2, 0) is 20.6 Å². The van der Waals surface area contributed by atoms with Gasteiger partial charge in [-0.1, -0.05) is 12.1 Å². The van der Waals surface area contributed by atoms with Gasteiger partial charge in [0.15, 0.2) is 0 Å². The molecule has 1 aromatic carbocycles. The first-order chi connectivity index (χ1) is 10.3. The Labute approximate surface area is 129 Å². The minimum atomic E-state index is -3.69. The number of hydrogen-bond acceptors (Lipinski definition) is 4. The zero-order valence-electron chi connectivity index (χ0n) is 12.2. The molecule has 1 aliphatic rings. The van der Waals surface area contributed by atoms with E-state index in [9.17, 15) is 18.0 Å². The summed E-state index contributed by atoms with van der Waals surface area (Å²) in [6.45, 7) is 0.232. The molecule has 1 atom stereocenters. The molecule has 1 saturated heterocycles. The summed E-state index contributed by atoms with van der Waals surface area (Å²) in [6, 6.07) is 5.24. The molecule has 1 amide bonds. The van der Waals surface area contributed by atoms with Gasteiger partial charge in [-0.15, -0.1) is 0 Å². The molecule has 1 fully saturated rings. The molecule has 0 unspecified atom stereocenters. The van der Waals surface area contributed by atoms with Crippen molar-refractivity contribution in [3.05, 3.63) is 35.4 Å². The highest BCUT2D eigenvalue weighted by Gasteiger charge is 2.38. The lowest BCUT2D eigenvalue weighted by atomic mass is 10.1. The van der Waals surface area contributed by atoms with E-state index in [0.29, 0.717) is 24.0 Å². The van der Waals surface area contributed by atoms with Crippen molar-refractivity contribution in [3.63, 3.8) is 0 Å². The van der Waals surface area contributed by atoms with E-state index in [4.69, 9.17) is 5.11 Å². The minimum Gasteiger partial charge on any atom is -0.480 e. The van der Waals surface area contributed by atoms with Crippen LogP contribution in [0.15, 0.2) is 24.3 Å². The molecule has 0 bridgehead atoms. The second kappa shape index (κ2) is 6.45. The average molecular weight is 326 g/mol. The fraction of sp³-hybridized carbons (Fsp3) is 0.429. The van der Waals surface area contributed by atoms with Crippen molar-refractivity contribution in [3.8, 4) is 0 Å². The van der Waals surface area contributed by atoms with Crippen molar-refractivity contribution >= 4 is 21.9 Å². The Kier molecular flexibility index (Phi) is 4.82. The Hall–Kier alpha value is -1.93. The van der Waals surface area contributed by atoms with Crippen molar-refractivity contribution in [2.75, 3.05) is 13.6 Å². The van der Waals surface area contributed by atoms with Gasteiger partial charge in [0.2, 0.25) is 10.0 Å². The van der Waals surface area contributed by atoms with Crippen LogP contribution in [0.5, 0.6) is 0 Å². The van der Waals surface area contributed by atoms with Gasteiger partial charge in [-0.25, -0.2) is 8.42 Å². The highest BCUT2D eigenvalue weighted by molar-refractivity contribution is 7.88. The van der Waals surface area contributed by atoms with Crippen LogP contribution < -0.4 is 5.32 Å². The van der Waals surface area contributed by atoms with Gasteiger partial charge in [0.25, 0.3) is 5.91 Å². The molecule has 0 aromatic heterocycles. The molecule has 8 heteroatoms. The number of amides is 1. The van der Waals surface area contributed by atoms with Gasteiger partial charge in [-0.05, 0) is 30.5 Å². The van der Waals surface area contributed by atoms with Crippen LogP contribution in [0.3, 0.4) is 0 Å². The number of hydrogen-bond donors (Lipinski definition) is 2. The maximum atomic E-state index is 12.4. The predicted octanol–water partition coefficient (Wildman–Crippen LogP) is 0.425. The minimum absolute atomic E-state index is 0.232. The monoisotopic (exact) mass is 326 g/mol. The smallest absolute Gasteiger partial charge is 0.322 e. The molecule has 0 saturated carbocycles. The highest BCUT2D eigenvalue weighted by atomic mass is 32.2. The van der Waals surface area contributed by atoms with Gasteiger partial charge in [0.05, 0.1) is 5.75 Å². The number of benzene rings is 1. The van der Waals surface area contributed by atoms with Crippen molar-refractivity contribution in [2.45, 2.75) is 24.6 Å². The lowest BCUT2D eigenvalue weighted by Crippen LogP contribution is -2.40. The van der Waals surface area contributed by atoms with E-state index >= 15 is 0 Å². The number of nitrogens with one attached hydrogen (secondary N) is 1. The summed E-state index contributed by atoms with van der Waals surface area (Å²) in [5.41, 5.74) is 0.955. The SMILES string of the molecule is CNC(=O)c1ccc(CS(=O)(=O)N2CCC[C@@H]2C(=O)O)cc1. The van der Waals surface area contributed by atoms with Crippen LogP contribution in [0, 0.1) is 0 Å². The molecule has 0 spiro atoms. The van der Waals surface area contributed by atoms with Gasteiger partial charge in [-0.3, -0.25) is 9.59 Å². The number of rotatable bonds is 5. The molecular weight excluding hydrogens is 308 g/mol. The zero-order chi connectivity index (χ0) is 16.3. The third-order valence-corrected chi connectivity index (χ3v) is 5.49. The number of aliphatic carboxylic acids is 1. The molecule has 120 valence electrons. The summed E-state index contributed by atoms with van der Waals surface area (Å²) in [4.78, 5) is 22.5. The molecule has 1 heterocycles. The van der Waals surface area contributed by atoms with Gasteiger partial charge in [0, 0.05) is 19.2 Å². The van der Waals surface area contributed by atoms with Gasteiger partial charge in [0.1, 0.15) is 6.04 Å². The number of nitrogens with zero attached hydrogens (tertiary/aromatic N) is 1. The Morgan fingerprint density at radius 3 is 2.50 bits per heavy atom. The lowest BCUT2D eigenvalue weighted by molar-refractivity contribution is -0.140. The molecule has 22 heavy (non-hydrogen) atoms. The van der Waals surface area contributed by atoms with Crippen molar-refractivity contribution < 1.29 is 23.1 Å². The molecule has 2 rings (SSSR count). The van der Waals surface area contributed by atoms with Gasteiger partial charge in [-0.2, -0.15) is 4.31 Å². The zero-order valence-corrected chi connectivity index (χ0v) is 13.0. The Balaban J connectivity index is 2.15. The summed E-state index contributed by atoms with van der Waals surface area (Å²) in [5.74, 6) is -1.64. The molecular formula is C14H18N2O5S. The summed E-state index contributed by atoms with van der Waals surface area (Å²) in [5, 5.41) is 11.6. The normalized spacial score (nSPS) is 19.0. The van der Waals surface area contributed by atoms with E-state index in [1.165, 1.54) is 7.05 Å². The van der Waals surface area contributed by atoms with Crippen molar-refractivity contribution in [1.82, 2.24) is 9.62 Å². The van der Waals surface area contributed by atoms with Gasteiger partial charge < -0.3 is 10.4 Å². The van der Waals surface area contributed by atoms with Crippen LogP contribution in [-0.4, -0.2) is 49.3 Å². The Bertz CT molecular complexity index is 669.